The lowest BCUT2D eigenvalue weighted by molar-refractivity contribution is -0.150. The molecule has 0 aromatic carbocycles. The number of rotatable bonds is 4. The van der Waals surface area contributed by atoms with E-state index in [1.54, 1.807) is 4.90 Å². The van der Waals surface area contributed by atoms with Crippen LogP contribution in [0.5, 0.6) is 0 Å². The van der Waals surface area contributed by atoms with Gasteiger partial charge in [-0.1, -0.05) is 13.3 Å². The Hall–Kier alpha value is -0.750. The van der Waals surface area contributed by atoms with Gasteiger partial charge < -0.3 is 15.3 Å². The topological polar surface area (TPSA) is 69.6 Å². The highest BCUT2D eigenvalue weighted by atomic mass is 32.2. The van der Waals surface area contributed by atoms with Crippen molar-refractivity contribution in [2.24, 2.45) is 0 Å². The van der Waals surface area contributed by atoms with E-state index in [1.165, 1.54) is 11.8 Å². The van der Waals surface area contributed by atoms with Crippen molar-refractivity contribution in [3.63, 3.8) is 0 Å². The van der Waals surface area contributed by atoms with E-state index in [-0.39, 0.29) is 5.91 Å². The van der Waals surface area contributed by atoms with Gasteiger partial charge in [-0.2, -0.15) is 0 Å². The first kappa shape index (κ1) is 13.7. The number of amides is 1. The van der Waals surface area contributed by atoms with Crippen LogP contribution in [-0.2, 0) is 9.59 Å². The quantitative estimate of drug-likeness (QED) is 0.795. The molecule has 102 valence electrons. The molecule has 2 atom stereocenters. The highest BCUT2D eigenvalue weighted by Gasteiger charge is 2.46. The van der Waals surface area contributed by atoms with Crippen LogP contribution < -0.4 is 5.32 Å². The lowest BCUT2D eigenvalue weighted by Crippen LogP contribution is -2.57. The van der Waals surface area contributed by atoms with Crippen LogP contribution in [-0.4, -0.2) is 51.6 Å². The predicted octanol–water partition coefficient (Wildman–Crippen LogP) is 0.895. The number of carboxylic acids is 1. The van der Waals surface area contributed by atoms with Crippen molar-refractivity contribution in [2.45, 2.75) is 44.2 Å². The number of carboxylic acid groups (broad SMARTS) is 1. The van der Waals surface area contributed by atoms with E-state index in [1.807, 2.05) is 0 Å². The van der Waals surface area contributed by atoms with E-state index in [0.29, 0.717) is 11.6 Å². The molecule has 2 aliphatic heterocycles. The predicted molar refractivity (Wildman–Crippen MR) is 70.5 cm³/mol. The van der Waals surface area contributed by atoms with Crippen molar-refractivity contribution in [1.29, 1.82) is 0 Å². The molecule has 0 spiro atoms. The third-order valence-electron chi connectivity index (χ3n) is 3.76. The zero-order valence-electron chi connectivity index (χ0n) is 10.6. The molecule has 18 heavy (non-hydrogen) atoms. The molecule has 6 heteroatoms. The fraction of sp³-hybridized carbons (Fsp3) is 0.833. The molecule has 0 aliphatic carbocycles. The number of aliphatic carboxylic acids is 1. The first-order valence-electron chi connectivity index (χ1n) is 6.47. The van der Waals surface area contributed by atoms with Crippen molar-refractivity contribution in [3.8, 4) is 0 Å². The Kier molecular flexibility index (Phi) is 4.17. The maximum atomic E-state index is 12.7. The van der Waals surface area contributed by atoms with E-state index in [0.717, 1.165) is 32.2 Å². The second kappa shape index (κ2) is 5.48. The number of nitrogens with one attached hydrogen (secondary N) is 1. The fourth-order valence-electron chi connectivity index (χ4n) is 2.86. The fourth-order valence-corrected chi connectivity index (χ4v) is 4.00. The van der Waals surface area contributed by atoms with Gasteiger partial charge in [0.25, 0.3) is 0 Å². The lowest BCUT2D eigenvalue weighted by Gasteiger charge is -2.33. The molecule has 2 unspecified atom stereocenters. The molecule has 0 aromatic rings. The van der Waals surface area contributed by atoms with Crippen molar-refractivity contribution in [3.05, 3.63) is 0 Å². The number of carbonyl (C=O) groups excluding carboxylic acids is 1. The molecule has 2 fully saturated rings. The molecule has 2 saturated heterocycles. The summed E-state index contributed by atoms with van der Waals surface area (Å²) >= 11 is 1.52. The zero-order valence-corrected chi connectivity index (χ0v) is 11.5. The molecule has 2 heterocycles. The smallest absolute Gasteiger partial charge is 0.327 e. The maximum absolute atomic E-state index is 12.7. The van der Waals surface area contributed by atoms with Crippen LogP contribution in [0.1, 0.15) is 32.6 Å². The summed E-state index contributed by atoms with van der Waals surface area (Å²) in [6.45, 7) is 2.91. The molecule has 1 amide bonds. The average molecular weight is 272 g/mol. The third-order valence-corrected chi connectivity index (χ3v) is 4.77. The Bertz CT molecular complexity index is 342. The Morgan fingerprint density at radius 2 is 2.33 bits per heavy atom. The van der Waals surface area contributed by atoms with Gasteiger partial charge in [-0.3, -0.25) is 4.79 Å². The van der Waals surface area contributed by atoms with Gasteiger partial charge in [0.1, 0.15) is 6.04 Å². The van der Waals surface area contributed by atoms with Gasteiger partial charge in [0.2, 0.25) is 5.91 Å². The van der Waals surface area contributed by atoms with Crippen LogP contribution in [0.2, 0.25) is 0 Å². The molecule has 0 radical (unpaired) electrons. The van der Waals surface area contributed by atoms with Crippen LogP contribution in [0.4, 0.5) is 0 Å². The molecule has 2 N–H and O–H groups in total. The Balaban J connectivity index is 2.15. The summed E-state index contributed by atoms with van der Waals surface area (Å²) in [6.07, 6.45) is 3.54. The van der Waals surface area contributed by atoms with Crippen molar-refractivity contribution < 1.29 is 14.7 Å². The molecule has 2 rings (SSSR count). The average Bonchev–Trinajstić information content (AvgIpc) is 2.97. The maximum Gasteiger partial charge on any atom is 0.327 e. The zero-order chi connectivity index (χ0) is 13.2. The second-order valence-electron chi connectivity index (χ2n) is 4.99. The second-order valence-corrected chi connectivity index (χ2v) is 5.99. The Labute approximate surface area is 111 Å². The summed E-state index contributed by atoms with van der Waals surface area (Å²) in [4.78, 5) is 25.4. The molecule has 5 nitrogen and oxygen atoms in total. The summed E-state index contributed by atoms with van der Waals surface area (Å²) in [5, 5.41) is 12.5. The minimum atomic E-state index is -0.891. The van der Waals surface area contributed by atoms with Crippen molar-refractivity contribution in [1.82, 2.24) is 10.2 Å². The van der Waals surface area contributed by atoms with Crippen molar-refractivity contribution in [2.75, 3.05) is 18.2 Å². The summed E-state index contributed by atoms with van der Waals surface area (Å²) in [7, 11) is 0. The Morgan fingerprint density at radius 3 is 2.89 bits per heavy atom. The lowest BCUT2D eigenvalue weighted by atomic mass is 9.90. The first-order chi connectivity index (χ1) is 8.60. The SMILES string of the molecule is CCCC1(C(=O)N2CSCC2C(=O)O)CCCN1. The standard InChI is InChI=1S/C12H20N2O3S/c1-2-4-12(5-3-6-13-12)11(17)14-8-18-7-9(14)10(15)16/h9,13H,2-8H2,1H3,(H,15,16). The van der Waals surface area contributed by atoms with E-state index in [4.69, 9.17) is 5.11 Å². The summed E-state index contributed by atoms with van der Waals surface area (Å²) in [5.41, 5.74) is -0.507. The van der Waals surface area contributed by atoms with Gasteiger partial charge in [0.05, 0.1) is 11.4 Å². The van der Waals surface area contributed by atoms with Gasteiger partial charge in [-0.25, -0.2) is 4.79 Å². The molecule has 0 bridgehead atoms. The highest BCUT2D eigenvalue weighted by molar-refractivity contribution is 7.99. The molecular weight excluding hydrogens is 252 g/mol. The highest BCUT2D eigenvalue weighted by Crippen LogP contribution is 2.31. The summed E-state index contributed by atoms with van der Waals surface area (Å²) in [6, 6.07) is -0.654. The largest absolute Gasteiger partial charge is 0.480 e. The van der Waals surface area contributed by atoms with E-state index >= 15 is 0 Å². The van der Waals surface area contributed by atoms with Crippen LogP contribution >= 0.6 is 11.8 Å². The minimum absolute atomic E-state index is 0.0146. The molecule has 0 saturated carbocycles. The number of carbonyl (C=O) groups is 2. The number of hydrogen-bond donors (Lipinski definition) is 2. The van der Waals surface area contributed by atoms with E-state index in [9.17, 15) is 9.59 Å². The summed E-state index contributed by atoms with van der Waals surface area (Å²) < 4.78 is 0. The number of nitrogens with zero attached hydrogens (tertiary/aromatic N) is 1. The summed E-state index contributed by atoms with van der Waals surface area (Å²) in [5.74, 6) is 0.101. The van der Waals surface area contributed by atoms with Gasteiger partial charge in [0, 0.05) is 5.75 Å². The molecule has 0 aromatic heterocycles. The van der Waals surface area contributed by atoms with E-state index in [2.05, 4.69) is 12.2 Å². The normalized spacial score (nSPS) is 31.8. The van der Waals surface area contributed by atoms with Gasteiger partial charge in [0.15, 0.2) is 0 Å². The van der Waals surface area contributed by atoms with Crippen molar-refractivity contribution >= 4 is 23.6 Å². The Morgan fingerprint density at radius 1 is 1.56 bits per heavy atom. The van der Waals surface area contributed by atoms with Gasteiger partial charge >= 0.3 is 5.97 Å². The third kappa shape index (κ3) is 2.36. The van der Waals surface area contributed by atoms with Crippen LogP contribution in [0.3, 0.4) is 0 Å². The number of thioether (sulfide) groups is 1. The molecule has 2 aliphatic rings. The monoisotopic (exact) mass is 272 g/mol. The minimum Gasteiger partial charge on any atom is -0.480 e. The van der Waals surface area contributed by atoms with Gasteiger partial charge in [-0.05, 0) is 25.8 Å². The van der Waals surface area contributed by atoms with Gasteiger partial charge in [-0.15, -0.1) is 11.8 Å². The molecular formula is C12H20N2O3S. The van der Waals surface area contributed by atoms with Crippen LogP contribution in [0, 0.1) is 0 Å². The van der Waals surface area contributed by atoms with E-state index < -0.39 is 17.6 Å². The number of hydrogen-bond acceptors (Lipinski definition) is 4. The van der Waals surface area contributed by atoms with Crippen LogP contribution in [0.15, 0.2) is 0 Å². The van der Waals surface area contributed by atoms with Crippen LogP contribution in [0.25, 0.3) is 0 Å². The first-order valence-corrected chi connectivity index (χ1v) is 7.63.